The summed E-state index contributed by atoms with van der Waals surface area (Å²) < 4.78 is 20.5. The van der Waals surface area contributed by atoms with Gasteiger partial charge < -0.3 is 9.32 Å². The maximum absolute atomic E-state index is 13.3. The van der Waals surface area contributed by atoms with Crippen molar-refractivity contribution in [2.45, 2.75) is 19.8 Å². The van der Waals surface area contributed by atoms with E-state index in [1.165, 1.54) is 12.1 Å². The van der Waals surface area contributed by atoms with Crippen molar-refractivity contribution < 1.29 is 13.6 Å². The average molecular weight is 339 g/mol. The Morgan fingerprint density at radius 1 is 1.12 bits per heavy atom. The number of benzene rings is 1. The highest BCUT2D eigenvalue weighted by Gasteiger charge is 2.25. The number of aromatic nitrogens is 2. The van der Waals surface area contributed by atoms with E-state index in [-0.39, 0.29) is 11.7 Å². The number of carbonyl (C=O) groups is 1. The van der Waals surface area contributed by atoms with E-state index in [0.29, 0.717) is 22.8 Å². The number of amides is 1. The van der Waals surface area contributed by atoms with E-state index in [1.807, 2.05) is 24.0 Å². The van der Waals surface area contributed by atoms with Crippen molar-refractivity contribution in [3.05, 3.63) is 59.7 Å². The van der Waals surface area contributed by atoms with E-state index in [9.17, 15) is 9.18 Å². The van der Waals surface area contributed by atoms with Gasteiger partial charge in [0.2, 0.25) is 0 Å². The molecule has 0 aliphatic carbocycles. The molecule has 1 aliphatic rings. The fourth-order valence-corrected chi connectivity index (χ4v) is 3.09. The maximum atomic E-state index is 13.3. The lowest BCUT2D eigenvalue weighted by molar-refractivity contribution is 0.0784. The summed E-state index contributed by atoms with van der Waals surface area (Å²) >= 11 is 0. The zero-order valence-corrected chi connectivity index (χ0v) is 13.9. The second-order valence-corrected chi connectivity index (χ2v) is 6.21. The summed E-state index contributed by atoms with van der Waals surface area (Å²) in [6, 6.07) is 11.4. The Hall–Kier alpha value is -2.89. The third kappa shape index (κ3) is 2.95. The summed E-state index contributed by atoms with van der Waals surface area (Å²) in [6.45, 7) is 3.36. The summed E-state index contributed by atoms with van der Waals surface area (Å²) in [4.78, 5) is 14.7. The zero-order chi connectivity index (χ0) is 17.4. The molecule has 3 aromatic rings. The molecule has 2 aromatic heterocycles. The Morgan fingerprint density at radius 2 is 1.84 bits per heavy atom. The molecule has 1 aromatic carbocycles. The molecule has 0 bridgehead atoms. The fraction of sp³-hybridized carbons (Fsp3) is 0.263. The first-order valence-electron chi connectivity index (χ1n) is 8.34. The van der Waals surface area contributed by atoms with Gasteiger partial charge in [-0.25, -0.2) is 9.07 Å². The van der Waals surface area contributed by atoms with Crippen molar-refractivity contribution in [1.29, 1.82) is 0 Å². The van der Waals surface area contributed by atoms with Crippen molar-refractivity contribution in [3.8, 4) is 17.1 Å². The molecule has 1 aliphatic heterocycles. The molecular formula is C19H18FN3O2. The summed E-state index contributed by atoms with van der Waals surface area (Å²) in [5.41, 5.74) is 1.68. The van der Waals surface area contributed by atoms with Crippen LogP contribution < -0.4 is 0 Å². The number of halogens is 1. The van der Waals surface area contributed by atoms with Crippen molar-refractivity contribution in [2.75, 3.05) is 13.1 Å². The van der Waals surface area contributed by atoms with Crippen LogP contribution in [0.5, 0.6) is 0 Å². The molecule has 0 spiro atoms. The minimum Gasteiger partial charge on any atom is -0.460 e. The number of likely N-dealkylation sites (tertiary alicyclic amines) is 1. The quantitative estimate of drug-likeness (QED) is 0.729. The van der Waals surface area contributed by atoms with Gasteiger partial charge in [-0.3, -0.25) is 4.79 Å². The summed E-state index contributed by atoms with van der Waals surface area (Å²) in [5, 5.41) is 4.54. The van der Waals surface area contributed by atoms with Crippen LogP contribution in [0.4, 0.5) is 4.39 Å². The summed E-state index contributed by atoms with van der Waals surface area (Å²) in [6.07, 6.45) is 2.03. The topological polar surface area (TPSA) is 51.3 Å². The normalized spacial score (nSPS) is 14.2. The van der Waals surface area contributed by atoms with Crippen molar-refractivity contribution >= 4 is 5.91 Å². The predicted molar refractivity (Wildman–Crippen MR) is 91.1 cm³/mol. The maximum Gasteiger partial charge on any atom is 0.272 e. The summed E-state index contributed by atoms with van der Waals surface area (Å²) in [5.74, 6) is 0.988. The number of hydrogen-bond donors (Lipinski definition) is 0. The van der Waals surface area contributed by atoms with E-state index in [4.69, 9.17) is 4.42 Å². The van der Waals surface area contributed by atoms with Gasteiger partial charge in [-0.2, -0.15) is 5.10 Å². The number of aryl methyl sites for hydroxylation is 1. The average Bonchev–Trinajstić information content (AvgIpc) is 3.35. The van der Waals surface area contributed by atoms with Crippen LogP contribution in [0.3, 0.4) is 0 Å². The first-order valence-corrected chi connectivity index (χ1v) is 8.34. The molecule has 0 N–H and O–H groups in total. The molecule has 6 heteroatoms. The lowest BCUT2D eigenvalue weighted by Crippen LogP contribution is -2.29. The Bertz CT molecular complexity index is 905. The van der Waals surface area contributed by atoms with E-state index >= 15 is 0 Å². The van der Waals surface area contributed by atoms with Gasteiger partial charge >= 0.3 is 0 Å². The molecular weight excluding hydrogens is 321 g/mol. The van der Waals surface area contributed by atoms with E-state index < -0.39 is 0 Å². The van der Waals surface area contributed by atoms with Gasteiger partial charge in [0.1, 0.15) is 23.0 Å². The standard InChI is InChI=1S/C19H18FN3O2/c1-13-4-9-18(25-13)16-12-17(19(24)22-10-2-3-11-22)23(21-16)15-7-5-14(20)6-8-15/h4-9,12H,2-3,10-11H2,1H3. The second kappa shape index (κ2) is 6.20. The highest BCUT2D eigenvalue weighted by atomic mass is 19.1. The molecule has 0 saturated carbocycles. The van der Waals surface area contributed by atoms with Gasteiger partial charge in [-0.15, -0.1) is 0 Å². The smallest absolute Gasteiger partial charge is 0.272 e. The van der Waals surface area contributed by atoms with E-state index in [2.05, 4.69) is 5.10 Å². The molecule has 128 valence electrons. The first-order chi connectivity index (χ1) is 12.1. The Morgan fingerprint density at radius 3 is 2.48 bits per heavy atom. The molecule has 1 fully saturated rings. The third-order valence-corrected chi connectivity index (χ3v) is 4.39. The van der Waals surface area contributed by atoms with Crippen LogP contribution in [-0.4, -0.2) is 33.7 Å². The molecule has 0 unspecified atom stereocenters. The molecule has 25 heavy (non-hydrogen) atoms. The van der Waals surface area contributed by atoms with Gasteiger partial charge in [-0.05, 0) is 56.2 Å². The fourth-order valence-electron chi connectivity index (χ4n) is 3.09. The molecule has 4 rings (SSSR count). The SMILES string of the molecule is Cc1ccc(-c2cc(C(=O)N3CCCC3)n(-c3ccc(F)cc3)n2)o1. The zero-order valence-electron chi connectivity index (χ0n) is 13.9. The van der Waals surface area contributed by atoms with Crippen LogP contribution in [0.1, 0.15) is 29.1 Å². The monoisotopic (exact) mass is 339 g/mol. The molecule has 0 radical (unpaired) electrons. The lowest BCUT2D eigenvalue weighted by Gasteiger charge is -2.16. The molecule has 3 heterocycles. The molecule has 1 amide bonds. The minimum absolute atomic E-state index is 0.0659. The minimum atomic E-state index is -0.329. The van der Waals surface area contributed by atoms with Crippen molar-refractivity contribution in [2.24, 2.45) is 0 Å². The number of hydrogen-bond acceptors (Lipinski definition) is 3. The Balaban J connectivity index is 1.80. The third-order valence-electron chi connectivity index (χ3n) is 4.39. The first kappa shape index (κ1) is 15.6. The van der Waals surface area contributed by atoms with Gasteiger partial charge in [0.05, 0.1) is 5.69 Å². The molecule has 5 nitrogen and oxygen atoms in total. The summed E-state index contributed by atoms with van der Waals surface area (Å²) in [7, 11) is 0. The number of furan rings is 1. The second-order valence-electron chi connectivity index (χ2n) is 6.21. The number of nitrogens with zero attached hydrogens (tertiary/aromatic N) is 3. The van der Waals surface area contributed by atoms with Gasteiger partial charge in [0, 0.05) is 19.2 Å². The highest BCUT2D eigenvalue weighted by molar-refractivity contribution is 5.94. The number of rotatable bonds is 3. The van der Waals surface area contributed by atoms with Gasteiger partial charge in [-0.1, -0.05) is 0 Å². The largest absolute Gasteiger partial charge is 0.460 e. The van der Waals surface area contributed by atoms with Crippen LogP contribution >= 0.6 is 0 Å². The molecule has 0 atom stereocenters. The van der Waals surface area contributed by atoms with Crippen LogP contribution in [-0.2, 0) is 0 Å². The Labute approximate surface area is 144 Å². The van der Waals surface area contributed by atoms with Crippen molar-refractivity contribution in [1.82, 2.24) is 14.7 Å². The van der Waals surface area contributed by atoms with Gasteiger partial charge in [0.25, 0.3) is 5.91 Å². The van der Waals surface area contributed by atoms with Crippen LogP contribution in [0.15, 0.2) is 46.9 Å². The van der Waals surface area contributed by atoms with Crippen molar-refractivity contribution in [3.63, 3.8) is 0 Å². The van der Waals surface area contributed by atoms with Crippen LogP contribution in [0.25, 0.3) is 17.1 Å². The van der Waals surface area contributed by atoms with E-state index in [1.54, 1.807) is 22.9 Å². The Kier molecular flexibility index (Phi) is 3.87. The van der Waals surface area contributed by atoms with Gasteiger partial charge in [0.15, 0.2) is 5.76 Å². The highest BCUT2D eigenvalue weighted by Crippen LogP contribution is 2.25. The van der Waals surface area contributed by atoms with Crippen LogP contribution in [0.2, 0.25) is 0 Å². The van der Waals surface area contributed by atoms with E-state index in [0.717, 1.165) is 31.7 Å². The number of carbonyl (C=O) groups excluding carboxylic acids is 1. The lowest BCUT2D eigenvalue weighted by atomic mass is 10.2. The van der Waals surface area contributed by atoms with Crippen LogP contribution in [0, 0.1) is 12.7 Å². The predicted octanol–water partition coefficient (Wildman–Crippen LogP) is 3.82. The molecule has 1 saturated heterocycles.